The summed E-state index contributed by atoms with van der Waals surface area (Å²) in [4.78, 5) is 0.225. The first-order chi connectivity index (χ1) is 9.37. The number of fused-ring (bicyclic) bond motifs is 2. The van der Waals surface area contributed by atoms with Crippen molar-refractivity contribution in [3.8, 4) is 0 Å². The van der Waals surface area contributed by atoms with Gasteiger partial charge in [0.05, 0.1) is 5.69 Å². The number of sulfonamides is 1. The Labute approximate surface area is 120 Å². The van der Waals surface area contributed by atoms with Crippen molar-refractivity contribution in [2.45, 2.75) is 50.5 Å². The predicted molar refractivity (Wildman–Crippen MR) is 79.9 cm³/mol. The highest BCUT2D eigenvalue weighted by Gasteiger charge is 2.41. The van der Waals surface area contributed by atoms with Gasteiger partial charge in [0, 0.05) is 6.04 Å². The summed E-state index contributed by atoms with van der Waals surface area (Å²) in [6.45, 7) is 3.84. The molecule has 3 N–H and O–H groups in total. The van der Waals surface area contributed by atoms with Crippen molar-refractivity contribution in [3.63, 3.8) is 0 Å². The molecule has 0 aliphatic heterocycles. The Morgan fingerprint density at radius 3 is 2.45 bits per heavy atom. The number of nitrogen functional groups attached to an aromatic ring is 1. The van der Waals surface area contributed by atoms with Crippen LogP contribution in [0.25, 0.3) is 0 Å². The first kappa shape index (κ1) is 13.9. The van der Waals surface area contributed by atoms with Gasteiger partial charge < -0.3 is 5.73 Å². The molecule has 1 aromatic rings. The van der Waals surface area contributed by atoms with Crippen LogP contribution in [0.3, 0.4) is 0 Å². The fourth-order valence-electron chi connectivity index (χ4n) is 3.70. The van der Waals surface area contributed by atoms with Crippen LogP contribution in [0, 0.1) is 25.7 Å². The van der Waals surface area contributed by atoms with Crippen LogP contribution in [0.4, 0.5) is 5.69 Å². The van der Waals surface area contributed by atoms with E-state index >= 15 is 0 Å². The summed E-state index contributed by atoms with van der Waals surface area (Å²) in [6, 6.07) is 3.52. The summed E-state index contributed by atoms with van der Waals surface area (Å²) in [7, 11) is -3.51. The minimum absolute atomic E-state index is 0.0970. The molecule has 5 heteroatoms. The molecule has 20 heavy (non-hydrogen) atoms. The van der Waals surface area contributed by atoms with Gasteiger partial charge in [-0.2, -0.15) is 0 Å². The van der Waals surface area contributed by atoms with E-state index in [1.807, 2.05) is 13.8 Å². The number of benzene rings is 1. The summed E-state index contributed by atoms with van der Waals surface area (Å²) >= 11 is 0. The fraction of sp³-hybridized carbons (Fsp3) is 0.600. The summed E-state index contributed by atoms with van der Waals surface area (Å²) in [5.74, 6) is 1.23. The molecule has 3 rings (SSSR count). The smallest absolute Gasteiger partial charge is 0.242 e. The molecule has 110 valence electrons. The van der Waals surface area contributed by atoms with Crippen LogP contribution in [0.5, 0.6) is 0 Å². The number of hydrogen-bond acceptors (Lipinski definition) is 3. The van der Waals surface area contributed by atoms with E-state index in [1.165, 1.54) is 12.8 Å². The summed E-state index contributed by atoms with van der Waals surface area (Å²) in [5.41, 5.74) is 8.21. The van der Waals surface area contributed by atoms with Gasteiger partial charge in [0.2, 0.25) is 10.0 Å². The summed E-state index contributed by atoms with van der Waals surface area (Å²) in [6.07, 6.45) is 4.57. The minimum atomic E-state index is -3.51. The average Bonchev–Trinajstić information content (AvgIpc) is 2.95. The van der Waals surface area contributed by atoms with E-state index in [0.29, 0.717) is 17.5 Å². The quantitative estimate of drug-likeness (QED) is 0.841. The lowest BCUT2D eigenvalue weighted by Gasteiger charge is -2.23. The van der Waals surface area contributed by atoms with Crippen LogP contribution in [-0.2, 0) is 10.0 Å². The van der Waals surface area contributed by atoms with Gasteiger partial charge in [0.15, 0.2) is 0 Å². The van der Waals surface area contributed by atoms with Crippen molar-refractivity contribution in [3.05, 3.63) is 23.3 Å². The Morgan fingerprint density at radius 2 is 1.85 bits per heavy atom. The highest BCUT2D eigenvalue weighted by atomic mass is 32.2. The second-order valence-corrected chi connectivity index (χ2v) is 8.06. The number of rotatable bonds is 3. The summed E-state index contributed by atoms with van der Waals surface area (Å²) in [5, 5.41) is 0. The highest BCUT2D eigenvalue weighted by molar-refractivity contribution is 7.89. The van der Waals surface area contributed by atoms with Crippen LogP contribution < -0.4 is 10.5 Å². The molecule has 2 fully saturated rings. The van der Waals surface area contributed by atoms with Crippen molar-refractivity contribution in [1.82, 2.24) is 4.72 Å². The third kappa shape index (κ3) is 2.33. The first-order valence-corrected chi connectivity index (χ1v) is 8.74. The predicted octanol–water partition coefficient (Wildman–Crippen LogP) is 2.35. The van der Waals surface area contributed by atoms with Crippen molar-refractivity contribution < 1.29 is 8.42 Å². The second kappa shape index (κ2) is 4.74. The van der Waals surface area contributed by atoms with E-state index < -0.39 is 10.0 Å². The van der Waals surface area contributed by atoms with Crippen molar-refractivity contribution in [2.75, 3.05) is 5.73 Å². The second-order valence-electron chi connectivity index (χ2n) is 6.38. The van der Waals surface area contributed by atoms with Gasteiger partial charge in [-0.25, -0.2) is 13.1 Å². The van der Waals surface area contributed by atoms with Crippen LogP contribution in [-0.4, -0.2) is 14.5 Å². The normalized spacial score (nSPS) is 29.0. The molecule has 0 saturated heterocycles. The molecule has 2 aliphatic rings. The van der Waals surface area contributed by atoms with E-state index in [0.717, 1.165) is 24.0 Å². The minimum Gasteiger partial charge on any atom is -0.398 e. The molecule has 2 bridgehead atoms. The van der Waals surface area contributed by atoms with Crippen molar-refractivity contribution in [1.29, 1.82) is 0 Å². The van der Waals surface area contributed by atoms with Gasteiger partial charge in [-0.1, -0.05) is 6.42 Å². The number of nitrogens with one attached hydrogen (secondary N) is 1. The number of anilines is 1. The molecule has 1 aromatic carbocycles. The topological polar surface area (TPSA) is 72.2 Å². The zero-order valence-corrected chi connectivity index (χ0v) is 12.8. The maximum atomic E-state index is 12.6. The van der Waals surface area contributed by atoms with Crippen molar-refractivity contribution >= 4 is 15.7 Å². The van der Waals surface area contributed by atoms with Gasteiger partial charge in [-0.05, 0) is 68.2 Å². The molecule has 0 radical (unpaired) electrons. The van der Waals surface area contributed by atoms with E-state index in [4.69, 9.17) is 5.73 Å². The Hall–Kier alpha value is -1.07. The Balaban J connectivity index is 1.87. The van der Waals surface area contributed by atoms with Gasteiger partial charge in [0.1, 0.15) is 4.90 Å². The molecule has 4 nitrogen and oxygen atoms in total. The molecular formula is C15H22N2O2S. The highest BCUT2D eigenvalue weighted by Crippen LogP contribution is 2.45. The SMILES string of the molecule is Cc1cc(N)c(S(=O)(=O)NC2CC3CCC2C3)cc1C. The third-order valence-corrected chi connectivity index (χ3v) is 6.51. The van der Waals surface area contributed by atoms with Crippen molar-refractivity contribution in [2.24, 2.45) is 11.8 Å². The van der Waals surface area contributed by atoms with E-state index in [1.54, 1.807) is 12.1 Å². The molecular weight excluding hydrogens is 272 g/mol. The molecule has 0 heterocycles. The third-order valence-electron chi connectivity index (χ3n) is 4.96. The molecule has 0 amide bonds. The summed E-state index contributed by atoms with van der Waals surface area (Å²) < 4.78 is 28.0. The lowest BCUT2D eigenvalue weighted by Crippen LogP contribution is -2.38. The van der Waals surface area contributed by atoms with Gasteiger partial charge >= 0.3 is 0 Å². The molecule has 2 aliphatic carbocycles. The average molecular weight is 294 g/mol. The lowest BCUT2D eigenvalue weighted by atomic mass is 9.96. The molecule has 3 atom stereocenters. The van der Waals surface area contributed by atoms with E-state index in [2.05, 4.69) is 4.72 Å². The van der Waals surface area contributed by atoms with E-state index in [-0.39, 0.29) is 10.9 Å². The number of aryl methyl sites for hydroxylation is 2. The van der Waals surface area contributed by atoms with Crippen LogP contribution in [0.2, 0.25) is 0 Å². The fourth-order valence-corrected chi connectivity index (χ4v) is 5.21. The van der Waals surface area contributed by atoms with Crippen LogP contribution in [0.15, 0.2) is 17.0 Å². The Morgan fingerprint density at radius 1 is 1.15 bits per heavy atom. The monoisotopic (exact) mass is 294 g/mol. The number of nitrogens with two attached hydrogens (primary N) is 1. The number of hydrogen-bond donors (Lipinski definition) is 2. The Bertz CT molecular complexity index is 640. The largest absolute Gasteiger partial charge is 0.398 e. The zero-order valence-electron chi connectivity index (χ0n) is 12.0. The van der Waals surface area contributed by atoms with Crippen LogP contribution in [0.1, 0.15) is 36.8 Å². The maximum absolute atomic E-state index is 12.6. The molecule has 0 aromatic heterocycles. The van der Waals surface area contributed by atoms with Gasteiger partial charge in [-0.3, -0.25) is 0 Å². The van der Waals surface area contributed by atoms with Gasteiger partial charge in [0.25, 0.3) is 0 Å². The Kier molecular flexibility index (Phi) is 3.29. The molecule has 0 spiro atoms. The lowest BCUT2D eigenvalue weighted by molar-refractivity contribution is 0.390. The standard InChI is InChI=1S/C15H22N2O2S/c1-9-5-13(16)15(6-10(9)2)20(18,19)17-14-8-11-3-4-12(14)7-11/h5-6,11-12,14,17H,3-4,7-8,16H2,1-2H3. The van der Waals surface area contributed by atoms with E-state index in [9.17, 15) is 8.42 Å². The molecule has 3 unspecified atom stereocenters. The van der Waals surface area contributed by atoms with Gasteiger partial charge in [-0.15, -0.1) is 0 Å². The zero-order chi connectivity index (χ0) is 14.5. The first-order valence-electron chi connectivity index (χ1n) is 7.26. The maximum Gasteiger partial charge on any atom is 0.242 e. The van der Waals surface area contributed by atoms with Crippen LogP contribution >= 0.6 is 0 Å². The molecule has 2 saturated carbocycles.